The Labute approximate surface area is 166 Å². The summed E-state index contributed by atoms with van der Waals surface area (Å²) >= 11 is 0. The monoisotopic (exact) mass is 386 g/mol. The number of carbonyl (C=O) groups is 2. The number of carbonyl (C=O) groups excluding carboxylic acids is 2. The van der Waals surface area contributed by atoms with Gasteiger partial charge in [0.1, 0.15) is 11.3 Å². The molecule has 1 saturated carbocycles. The van der Waals surface area contributed by atoms with Crippen molar-refractivity contribution < 1.29 is 14.0 Å². The molecular formula is C21H30N4O3. The lowest BCUT2D eigenvalue weighted by atomic mass is 9.82. The molecule has 0 spiro atoms. The highest BCUT2D eigenvalue weighted by Gasteiger charge is 2.36. The summed E-state index contributed by atoms with van der Waals surface area (Å²) in [5, 5.41) is 15.6. The first kappa shape index (κ1) is 20.4. The maximum absolute atomic E-state index is 12.7. The van der Waals surface area contributed by atoms with Gasteiger partial charge in [-0.3, -0.25) is 14.5 Å². The fourth-order valence-electron chi connectivity index (χ4n) is 4.17. The Morgan fingerprint density at radius 2 is 1.93 bits per heavy atom. The molecule has 0 aromatic carbocycles. The number of aryl methyl sites for hydroxylation is 1. The molecule has 2 heterocycles. The number of nitrogens with one attached hydrogen (secondary N) is 2. The van der Waals surface area contributed by atoms with Gasteiger partial charge >= 0.3 is 0 Å². The zero-order valence-corrected chi connectivity index (χ0v) is 16.8. The quantitative estimate of drug-likeness (QED) is 0.810. The predicted octanol–water partition coefficient (Wildman–Crippen LogP) is 2.51. The van der Waals surface area contributed by atoms with Crippen LogP contribution in [-0.2, 0) is 4.79 Å². The molecule has 1 aliphatic heterocycles. The first-order valence-corrected chi connectivity index (χ1v) is 10.3. The van der Waals surface area contributed by atoms with Gasteiger partial charge in [0.2, 0.25) is 5.91 Å². The number of rotatable bonds is 5. The van der Waals surface area contributed by atoms with E-state index in [1.807, 2.05) is 13.8 Å². The van der Waals surface area contributed by atoms with Crippen LogP contribution in [0.1, 0.15) is 68.2 Å². The van der Waals surface area contributed by atoms with Crippen LogP contribution in [-0.4, -0.2) is 47.4 Å². The second kappa shape index (κ2) is 8.78. The van der Waals surface area contributed by atoms with Crippen molar-refractivity contribution in [2.75, 3.05) is 13.1 Å². The Hall–Kier alpha value is -2.33. The van der Waals surface area contributed by atoms with Crippen LogP contribution < -0.4 is 10.6 Å². The minimum Gasteiger partial charge on any atom is -0.456 e. The number of nitrogens with zero attached hydrogens (tertiary/aromatic N) is 2. The summed E-state index contributed by atoms with van der Waals surface area (Å²) in [7, 11) is 0. The second-order valence-corrected chi connectivity index (χ2v) is 8.11. The number of likely N-dealkylation sites (tertiary alicyclic amines) is 1. The van der Waals surface area contributed by atoms with Crippen LogP contribution in [0.5, 0.6) is 0 Å². The Morgan fingerprint density at radius 1 is 1.25 bits per heavy atom. The van der Waals surface area contributed by atoms with E-state index in [0.29, 0.717) is 11.5 Å². The van der Waals surface area contributed by atoms with Crippen LogP contribution in [0.15, 0.2) is 16.5 Å². The minimum absolute atomic E-state index is 0.0722. The predicted molar refractivity (Wildman–Crippen MR) is 105 cm³/mol. The molecule has 0 bridgehead atoms. The Balaban J connectivity index is 1.48. The minimum atomic E-state index is -0.697. The molecule has 1 aliphatic carbocycles. The smallest absolute Gasteiger partial charge is 0.287 e. The third-order valence-corrected chi connectivity index (χ3v) is 6.04. The van der Waals surface area contributed by atoms with Crippen LogP contribution in [0.3, 0.4) is 0 Å². The third-order valence-electron chi connectivity index (χ3n) is 6.04. The molecule has 0 radical (unpaired) electrons. The number of hydrogen-bond donors (Lipinski definition) is 2. The van der Waals surface area contributed by atoms with Gasteiger partial charge in [0, 0.05) is 19.1 Å². The van der Waals surface area contributed by atoms with Crippen LogP contribution in [0, 0.1) is 18.3 Å². The normalized spacial score (nSPS) is 21.5. The number of hydrogen-bond acceptors (Lipinski definition) is 5. The molecule has 152 valence electrons. The SMILES string of the molecule is Cc1ccc(C(=O)NC2CCN(C(C)C(=O)NC3(C#N)CCCCC3)CC2)o1. The molecular weight excluding hydrogens is 356 g/mol. The third kappa shape index (κ3) is 4.74. The average molecular weight is 386 g/mol. The Kier molecular flexibility index (Phi) is 6.40. The second-order valence-electron chi connectivity index (χ2n) is 8.11. The van der Waals surface area contributed by atoms with Gasteiger partial charge in [-0.2, -0.15) is 5.26 Å². The molecule has 1 aromatic rings. The molecule has 1 unspecified atom stereocenters. The van der Waals surface area contributed by atoms with E-state index >= 15 is 0 Å². The lowest BCUT2D eigenvalue weighted by molar-refractivity contribution is -0.128. The van der Waals surface area contributed by atoms with Crippen LogP contribution >= 0.6 is 0 Å². The lowest BCUT2D eigenvalue weighted by Crippen LogP contribution is -2.56. The zero-order chi connectivity index (χ0) is 20.1. The fraction of sp³-hybridized carbons (Fsp3) is 0.667. The first-order chi connectivity index (χ1) is 13.4. The average Bonchev–Trinajstić information content (AvgIpc) is 3.15. The summed E-state index contributed by atoms with van der Waals surface area (Å²) in [5.41, 5.74) is -0.697. The summed E-state index contributed by atoms with van der Waals surface area (Å²) in [6.07, 6.45) is 6.15. The van der Waals surface area contributed by atoms with Crippen molar-refractivity contribution in [3.63, 3.8) is 0 Å². The molecule has 1 aromatic heterocycles. The van der Waals surface area contributed by atoms with E-state index in [-0.39, 0.29) is 23.9 Å². The van der Waals surface area contributed by atoms with Crippen LogP contribution in [0.25, 0.3) is 0 Å². The van der Waals surface area contributed by atoms with E-state index in [1.165, 1.54) is 0 Å². The van der Waals surface area contributed by atoms with Crippen molar-refractivity contribution in [3.8, 4) is 6.07 Å². The summed E-state index contributed by atoms with van der Waals surface area (Å²) in [6.45, 7) is 5.17. The van der Waals surface area contributed by atoms with E-state index in [2.05, 4.69) is 21.6 Å². The van der Waals surface area contributed by atoms with Gasteiger partial charge in [0.25, 0.3) is 5.91 Å². The summed E-state index contributed by atoms with van der Waals surface area (Å²) in [6, 6.07) is 5.60. The van der Waals surface area contributed by atoms with Gasteiger partial charge in [0.05, 0.1) is 12.1 Å². The number of piperidine rings is 1. The number of amides is 2. The molecule has 7 heteroatoms. The van der Waals surface area contributed by atoms with Crippen molar-refractivity contribution in [1.29, 1.82) is 5.26 Å². The van der Waals surface area contributed by atoms with Crippen molar-refractivity contribution in [1.82, 2.24) is 15.5 Å². The van der Waals surface area contributed by atoms with Crippen molar-refractivity contribution in [2.24, 2.45) is 0 Å². The highest BCUT2D eigenvalue weighted by molar-refractivity contribution is 5.91. The molecule has 1 saturated heterocycles. The molecule has 2 aliphatic rings. The lowest BCUT2D eigenvalue weighted by Gasteiger charge is -2.38. The van der Waals surface area contributed by atoms with Crippen molar-refractivity contribution in [2.45, 2.75) is 76.4 Å². The Bertz CT molecular complexity index is 737. The largest absolute Gasteiger partial charge is 0.456 e. The van der Waals surface area contributed by atoms with Crippen LogP contribution in [0.2, 0.25) is 0 Å². The summed E-state index contributed by atoms with van der Waals surface area (Å²) in [5.74, 6) is 0.789. The van der Waals surface area contributed by atoms with Gasteiger partial charge in [-0.15, -0.1) is 0 Å². The van der Waals surface area contributed by atoms with E-state index in [4.69, 9.17) is 4.42 Å². The summed E-state index contributed by atoms with van der Waals surface area (Å²) < 4.78 is 5.37. The Morgan fingerprint density at radius 3 is 2.50 bits per heavy atom. The van der Waals surface area contributed by atoms with Gasteiger partial charge in [-0.05, 0) is 51.7 Å². The molecule has 28 heavy (non-hydrogen) atoms. The molecule has 2 amide bonds. The van der Waals surface area contributed by atoms with Gasteiger partial charge in [0.15, 0.2) is 5.76 Å². The molecule has 3 rings (SSSR count). The molecule has 2 N–H and O–H groups in total. The maximum atomic E-state index is 12.7. The molecule has 7 nitrogen and oxygen atoms in total. The molecule has 2 fully saturated rings. The maximum Gasteiger partial charge on any atom is 0.287 e. The van der Waals surface area contributed by atoms with E-state index in [0.717, 1.165) is 58.0 Å². The van der Waals surface area contributed by atoms with Crippen LogP contribution in [0.4, 0.5) is 0 Å². The van der Waals surface area contributed by atoms with Gasteiger partial charge < -0.3 is 15.1 Å². The highest BCUT2D eigenvalue weighted by Crippen LogP contribution is 2.28. The fourth-order valence-corrected chi connectivity index (χ4v) is 4.17. The van der Waals surface area contributed by atoms with Gasteiger partial charge in [-0.25, -0.2) is 0 Å². The van der Waals surface area contributed by atoms with E-state index in [1.54, 1.807) is 12.1 Å². The van der Waals surface area contributed by atoms with Crippen molar-refractivity contribution >= 4 is 11.8 Å². The number of nitriles is 1. The zero-order valence-electron chi connectivity index (χ0n) is 16.8. The number of furan rings is 1. The van der Waals surface area contributed by atoms with E-state index in [9.17, 15) is 14.9 Å². The first-order valence-electron chi connectivity index (χ1n) is 10.3. The summed E-state index contributed by atoms with van der Waals surface area (Å²) in [4.78, 5) is 27.1. The van der Waals surface area contributed by atoms with Crippen molar-refractivity contribution in [3.05, 3.63) is 23.7 Å². The standard InChI is InChI=1S/C21H30N4O3/c1-15-6-7-18(28-15)20(27)23-17-8-12-25(13-9-17)16(2)19(26)24-21(14-22)10-4-3-5-11-21/h6-7,16-17H,3-5,8-13H2,1-2H3,(H,23,27)(H,24,26). The highest BCUT2D eigenvalue weighted by atomic mass is 16.3. The van der Waals surface area contributed by atoms with E-state index < -0.39 is 5.54 Å². The topological polar surface area (TPSA) is 98.4 Å². The molecule has 1 atom stereocenters. The van der Waals surface area contributed by atoms with Gasteiger partial charge in [-0.1, -0.05) is 19.3 Å².